The zero-order chi connectivity index (χ0) is 16.8. The van der Waals surface area contributed by atoms with Gasteiger partial charge in [-0.3, -0.25) is 9.59 Å². The van der Waals surface area contributed by atoms with Crippen LogP contribution < -0.4 is 10.6 Å². The Morgan fingerprint density at radius 2 is 1.83 bits per heavy atom. The van der Waals surface area contributed by atoms with Gasteiger partial charge in [-0.1, -0.05) is 48.2 Å². The number of anilines is 1. The number of amides is 2. The largest absolute Gasteiger partial charge is 0.480 e. The molecule has 0 heterocycles. The molecule has 1 atom stereocenters. The molecule has 7 heteroatoms. The van der Waals surface area contributed by atoms with E-state index in [1.807, 2.05) is 36.4 Å². The lowest BCUT2D eigenvalue weighted by Gasteiger charge is -2.13. The van der Waals surface area contributed by atoms with Crippen LogP contribution >= 0.6 is 11.8 Å². The zero-order valence-corrected chi connectivity index (χ0v) is 13.2. The molecule has 120 valence electrons. The van der Waals surface area contributed by atoms with Crippen molar-refractivity contribution in [2.75, 3.05) is 11.1 Å². The van der Waals surface area contributed by atoms with Gasteiger partial charge in [-0.2, -0.15) is 0 Å². The predicted molar refractivity (Wildman–Crippen MR) is 90.7 cm³/mol. The van der Waals surface area contributed by atoms with Crippen LogP contribution in [0.2, 0.25) is 0 Å². The Bertz CT molecular complexity index is 742. The number of hydrogen-bond donors (Lipinski definition) is 3. The van der Waals surface area contributed by atoms with Gasteiger partial charge < -0.3 is 15.7 Å². The number of nitrogens with one attached hydrogen (secondary N) is 2. The second-order valence-corrected chi connectivity index (χ2v) is 5.83. The lowest BCUT2D eigenvalue weighted by atomic mass is 10.1. The Balaban J connectivity index is 2.01. The van der Waals surface area contributed by atoms with Gasteiger partial charge in [0, 0.05) is 23.8 Å². The van der Waals surface area contributed by atoms with Crippen molar-refractivity contribution >= 4 is 45.3 Å². The lowest BCUT2D eigenvalue weighted by Crippen LogP contribution is -2.41. The van der Waals surface area contributed by atoms with Crippen molar-refractivity contribution in [2.45, 2.75) is 13.0 Å². The number of thioether (sulfide) groups is 1. The van der Waals surface area contributed by atoms with Crippen molar-refractivity contribution in [2.24, 2.45) is 0 Å². The van der Waals surface area contributed by atoms with Crippen LogP contribution in [0.5, 0.6) is 0 Å². The number of carboxylic acid groups (broad SMARTS) is 1. The summed E-state index contributed by atoms with van der Waals surface area (Å²) >= 11 is 0.813. The number of hydrogen-bond acceptors (Lipinski definition) is 4. The lowest BCUT2D eigenvalue weighted by molar-refractivity contribution is -0.140. The van der Waals surface area contributed by atoms with Crippen molar-refractivity contribution < 1.29 is 19.5 Å². The fraction of sp³-hybridized carbons (Fsp3) is 0.188. The molecular weight excluding hydrogens is 316 g/mol. The number of carbonyl (C=O) groups is 3. The van der Waals surface area contributed by atoms with Crippen molar-refractivity contribution in [1.82, 2.24) is 5.32 Å². The molecule has 0 unspecified atom stereocenters. The van der Waals surface area contributed by atoms with Gasteiger partial charge in [0.1, 0.15) is 6.04 Å². The summed E-state index contributed by atoms with van der Waals surface area (Å²) < 4.78 is 0. The molecule has 0 saturated carbocycles. The van der Waals surface area contributed by atoms with E-state index in [1.165, 1.54) is 6.92 Å². The molecule has 0 fully saturated rings. The van der Waals surface area contributed by atoms with E-state index >= 15 is 0 Å². The molecular formula is C16H16N2O4S. The highest BCUT2D eigenvalue weighted by atomic mass is 32.2. The summed E-state index contributed by atoms with van der Waals surface area (Å²) in [5, 5.41) is 15.6. The summed E-state index contributed by atoms with van der Waals surface area (Å²) in [6.07, 6.45) is 0. The van der Waals surface area contributed by atoms with E-state index in [1.54, 1.807) is 6.07 Å². The number of carboxylic acids is 1. The van der Waals surface area contributed by atoms with Crippen LogP contribution in [0.15, 0.2) is 42.5 Å². The van der Waals surface area contributed by atoms with Crippen molar-refractivity contribution in [1.29, 1.82) is 0 Å². The molecule has 0 radical (unpaired) electrons. The number of aliphatic carboxylic acids is 1. The zero-order valence-electron chi connectivity index (χ0n) is 12.4. The van der Waals surface area contributed by atoms with E-state index in [-0.39, 0.29) is 11.0 Å². The summed E-state index contributed by atoms with van der Waals surface area (Å²) in [5.74, 6) is -1.68. The van der Waals surface area contributed by atoms with Crippen LogP contribution in [0, 0.1) is 0 Å². The SMILES string of the molecule is CC(=O)N[C@@H](CSC(=O)Nc1cccc2ccccc12)C(=O)O. The third-order valence-electron chi connectivity index (χ3n) is 3.08. The second-order valence-electron chi connectivity index (χ2n) is 4.84. The van der Waals surface area contributed by atoms with Gasteiger partial charge in [0.2, 0.25) is 5.91 Å². The van der Waals surface area contributed by atoms with Crippen LogP contribution in [0.1, 0.15) is 6.92 Å². The van der Waals surface area contributed by atoms with Crippen molar-refractivity contribution in [3.8, 4) is 0 Å². The quantitative estimate of drug-likeness (QED) is 0.782. The molecule has 6 nitrogen and oxygen atoms in total. The second kappa shape index (κ2) is 7.64. The minimum Gasteiger partial charge on any atom is -0.480 e. The van der Waals surface area contributed by atoms with Gasteiger partial charge in [-0.05, 0) is 11.5 Å². The highest BCUT2D eigenvalue weighted by Crippen LogP contribution is 2.24. The van der Waals surface area contributed by atoms with E-state index in [0.29, 0.717) is 5.69 Å². The fourth-order valence-corrected chi connectivity index (χ4v) is 2.79. The van der Waals surface area contributed by atoms with Crippen molar-refractivity contribution in [3.05, 3.63) is 42.5 Å². The Morgan fingerprint density at radius 1 is 1.13 bits per heavy atom. The predicted octanol–water partition coefficient (Wildman–Crippen LogP) is 2.69. The molecule has 0 saturated heterocycles. The molecule has 3 N–H and O–H groups in total. The van der Waals surface area contributed by atoms with Gasteiger partial charge in [0.05, 0.1) is 0 Å². The first kappa shape index (κ1) is 16.8. The van der Waals surface area contributed by atoms with Gasteiger partial charge in [-0.15, -0.1) is 0 Å². The average Bonchev–Trinajstić information content (AvgIpc) is 2.51. The number of benzene rings is 2. The van der Waals surface area contributed by atoms with Crippen LogP contribution in [0.4, 0.5) is 10.5 Å². The Labute approximate surface area is 137 Å². The molecule has 2 amide bonds. The molecule has 0 aliphatic carbocycles. The fourth-order valence-electron chi connectivity index (χ4n) is 2.06. The van der Waals surface area contributed by atoms with E-state index in [9.17, 15) is 14.4 Å². The van der Waals surface area contributed by atoms with Crippen LogP contribution in [0.25, 0.3) is 10.8 Å². The molecule has 2 rings (SSSR count). The third kappa shape index (κ3) is 4.72. The first-order chi connectivity index (χ1) is 11.0. The Kier molecular flexibility index (Phi) is 5.59. The summed E-state index contributed by atoms with van der Waals surface area (Å²) in [5.41, 5.74) is 0.659. The first-order valence-corrected chi connectivity index (χ1v) is 7.87. The summed E-state index contributed by atoms with van der Waals surface area (Å²) in [7, 11) is 0. The highest BCUT2D eigenvalue weighted by molar-refractivity contribution is 8.13. The maximum atomic E-state index is 12.0. The Hall–Kier alpha value is -2.54. The molecule has 0 aromatic heterocycles. The van der Waals surface area contributed by atoms with E-state index in [2.05, 4.69) is 10.6 Å². The third-order valence-corrected chi connectivity index (χ3v) is 3.95. The topological polar surface area (TPSA) is 95.5 Å². The van der Waals surface area contributed by atoms with E-state index in [4.69, 9.17) is 5.11 Å². The van der Waals surface area contributed by atoms with Crippen molar-refractivity contribution in [3.63, 3.8) is 0 Å². The van der Waals surface area contributed by atoms with Gasteiger partial charge >= 0.3 is 5.97 Å². The van der Waals surface area contributed by atoms with Gasteiger partial charge in [-0.25, -0.2) is 4.79 Å². The van der Waals surface area contributed by atoms with Crippen LogP contribution in [-0.2, 0) is 9.59 Å². The van der Waals surface area contributed by atoms with Crippen LogP contribution in [-0.4, -0.2) is 34.0 Å². The Morgan fingerprint density at radius 3 is 2.52 bits per heavy atom. The number of fused-ring (bicyclic) bond motifs is 1. The smallest absolute Gasteiger partial charge is 0.327 e. The molecule has 0 bridgehead atoms. The maximum absolute atomic E-state index is 12.0. The molecule has 2 aromatic rings. The minimum absolute atomic E-state index is 0.0501. The molecule has 2 aromatic carbocycles. The van der Waals surface area contributed by atoms with Crippen LogP contribution in [0.3, 0.4) is 0 Å². The minimum atomic E-state index is -1.18. The highest BCUT2D eigenvalue weighted by Gasteiger charge is 2.20. The molecule has 0 aliphatic heterocycles. The molecule has 0 aliphatic rings. The number of carbonyl (C=O) groups excluding carboxylic acids is 2. The van der Waals surface area contributed by atoms with Gasteiger partial charge in [0.15, 0.2) is 0 Å². The van der Waals surface area contributed by atoms with Gasteiger partial charge in [0.25, 0.3) is 5.24 Å². The molecule has 0 spiro atoms. The summed E-state index contributed by atoms with van der Waals surface area (Å²) in [4.78, 5) is 34.0. The normalized spacial score (nSPS) is 11.7. The summed E-state index contributed by atoms with van der Waals surface area (Å²) in [6.45, 7) is 1.23. The average molecular weight is 332 g/mol. The first-order valence-electron chi connectivity index (χ1n) is 6.89. The number of rotatable bonds is 5. The van der Waals surface area contributed by atoms with E-state index < -0.39 is 17.9 Å². The monoisotopic (exact) mass is 332 g/mol. The van der Waals surface area contributed by atoms with E-state index in [0.717, 1.165) is 22.5 Å². The maximum Gasteiger partial charge on any atom is 0.327 e. The molecule has 23 heavy (non-hydrogen) atoms. The standard InChI is InChI=1S/C16H16N2O4S/c1-10(19)17-14(15(20)21)9-23-16(22)18-13-8-4-6-11-5-2-3-7-12(11)13/h2-8,14H,9H2,1H3,(H,17,19)(H,18,22)(H,20,21)/t14-/m0/s1. The summed E-state index contributed by atoms with van der Waals surface area (Å²) in [6, 6.07) is 12.1.